The average molecular weight is 236 g/mol. The Morgan fingerprint density at radius 3 is 2.94 bits per heavy atom. The molecule has 0 amide bonds. The summed E-state index contributed by atoms with van der Waals surface area (Å²) in [6.07, 6.45) is 5.36. The molecule has 0 aliphatic heterocycles. The normalized spacial score (nSPS) is 17.3. The number of nitrogens with zero attached hydrogens (tertiary/aromatic N) is 3. The largest absolute Gasteiger partial charge is 0.244 e. The van der Waals surface area contributed by atoms with Crippen molar-refractivity contribution in [3.05, 3.63) is 23.2 Å². The van der Waals surface area contributed by atoms with Crippen molar-refractivity contribution in [2.45, 2.75) is 32.2 Å². The fourth-order valence-corrected chi connectivity index (χ4v) is 2.68. The van der Waals surface area contributed by atoms with Crippen LogP contribution in [0.2, 0.25) is 5.02 Å². The van der Waals surface area contributed by atoms with E-state index >= 15 is 0 Å². The van der Waals surface area contributed by atoms with Gasteiger partial charge in [0.1, 0.15) is 5.52 Å². The molecule has 0 atom stereocenters. The summed E-state index contributed by atoms with van der Waals surface area (Å²) in [6, 6.07) is 5.74. The Balaban J connectivity index is 1.93. The molecule has 0 bridgehead atoms. The first kappa shape index (κ1) is 10.1. The van der Waals surface area contributed by atoms with E-state index in [9.17, 15) is 0 Å². The SMILES string of the molecule is Clc1ccc2nnn(CC3CCCC3)c2c1. The Morgan fingerprint density at radius 1 is 1.31 bits per heavy atom. The molecule has 0 unspecified atom stereocenters. The van der Waals surface area contributed by atoms with E-state index in [1.54, 1.807) is 0 Å². The van der Waals surface area contributed by atoms with Crippen LogP contribution in [0.1, 0.15) is 25.7 Å². The molecule has 3 rings (SSSR count). The van der Waals surface area contributed by atoms with Gasteiger partial charge in [0.15, 0.2) is 0 Å². The lowest BCUT2D eigenvalue weighted by atomic mass is 10.1. The van der Waals surface area contributed by atoms with Gasteiger partial charge >= 0.3 is 0 Å². The van der Waals surface area contributed by atoms with E-state index in [4.69, 9.17) is 11.6 Å². The van der Waals surface area contributed by atoms with Gasteiger partial charge in [-0.05, 0) is 37.0 Å². The first-order valence-corrected chi connectivity index (χ1v) is 6.19. The lowest BCUT2D eigenvalue weighted by Gasteiger charge is -2.08. The molecule has 1 saturated carbocycles. The fraction of sp³-hybridized carbons (Fsp3) is 0.500. The summed E-state index contributed by atoms with van der Waals surface area (Å²) >= 11 is 6.00. The van der Waals surface area contributed by atoms with Crippen molar-refractivity contribution in [1.29, 1.82) is 0 Å². The van der Waals surface area contributed by atoms with Crippen LogP contribution in [0.4, 0.5) is 0 Å². The molecule has 1 heterocycles. The quantitative estimate of drug-likeness (QED) is 0.800. The van der Waals surface area contributed by atoms with Crippen LogP contribution in [-0.4, -0.2) is 15.0 Å². The minimum absolute atomic E-state index is 0.752. The molecule has 1 aromatic carbocycles. The Kier molecular flexibility index (Phi) is 2.56. The minimum atomic E-state index is 0.752. The van der Waals surface area contributed by atoms with Crippen LogP contribution in [-0.2, 0) is 6.54 Å². The van der Waals surface area contributed by atoms with Gasteiger partial charge in [0, 0.05) is 11.6 Å². The average Bonchev–Trinajstić information content (AvgIpc) is 2.90. The highest BCUT2D eigenvalue weighted by molar-refractivity contribution is 6.31. The summed E-state index contributed by atoms with van der Waals surface area (Å²) in [5.74, 6) is 0.767. The molecule has 1 aromatic heterocycles. The smallest absolute Gasteiger partial charge is 0.113 e. The van der Waals surface area contributed by atoms with Crippen LogP contribution in [0.3, 0.4) is 0 Å². The third-order valence-corrected chi connectivity index (χ3v) is 3.62. The molecule has 2 aromatic rings. The molecule has 0 saturated heterocycles. The first-order chi connectivity index (χ1) is 7.83. The standard InChI is InChI=1S/C12H14ClN3/c13-10-5-6-11-12(7-10)16(15-14-11)8-9-3-1-2-4-9/h5-7,9H,1-4,8H2. The number of rotatable bonds is 2. The van der Waals surface area contributed by atoms with Crippen molar-refractivity contribution in [1.82, 2.24) is 15.0 Å². The molecule has 0 spiro atoms. The van der Waals surface area contributed by atoms with Crippen LogP contribution < -0.4 is 0 Å². The number of halogens is 1. The summed E-state index contributed by atoms with van der Waals surface area (Å²) in [6.45, 7) is 0.983. The van der Waals surface area contributed by atoms with Gasteiger partial charge in [0.05, 0.1) is 5.52 Å². The number of hydrogen-bond donors (Lipinski definition) is 0. The van der Waals surface area contributed by atoms with Gasteiger partial charge in [-0.1, -0.05) is 29.7 Å². The van der Waals surface area contributed by atoms with Crippen LogP contribution in [0.25, 0.3) is 11.0 Å². The van der Waals surface area contributed by atoms with Gasteiger partial charge in [-0.25, -0.2) is 4.68 Å². The summed E-state index contributed by atoms with van der Waals surface area (Å²) in [5.41, 5.74) is 1.99. The van der Waals surface area contributed by atoms with Crippen LogP contribution in [0.15, 0.2) is 18.2 Å². The minimum Gasteiger partial charge on any atom is -0.244 e. The molecule has 4 heteroatoms. The zero-order chi connectivity index (χ0) is 11.0. The van der Waals surface area contributed by atoms with Crippen molar-refractivity contribution in [3.63, 3.8) is 0 Å². The van der Waals surface area contributed by atoms with Crippen molar-refractivity contribution in [2.24, 2.45) is 5.92 Å². The molecule has 3 nitrogen and oxygen atoms in total. The van der Waals surface area contributed by atoms with Crippen molar-refractivity contribution in [2.75, 3.05) is 0 Å². The third-order valence-electron chi connectivity index (χ3n) is 3.38. The van der Waals surface area contributed by atoms with E-state index in [0.717, 1.165) is 28.5 Å². The molecular weight excluding hydrogens is 222 g/mol. The topological polar surface area (TPSA) is 30.7 Å². The van der Waals surface area contributed by atoms with E-state index in [0.29, 0.717) is 0 Å². The third kappa shape index (κ3) is 1.80. The highest BCUT2D eigenvalue weighted by Gasteiger charge is 2.17. The monoisotopic (exact) mass is 235 g/mol. The lowest BCUT2D eigenvalue weighted by Crippen LogP contribution is -2.08. The summed E-state index contributed by atoms with van der Waals surface area (Å²) in [7, 11) is 0. The maximum absolute atomic E-state index is 6.00. The number of aromatic nitrogens is 3. The molecule has 1 fully saturated rings. The molecular formula is C12H14ClN3. The van der Waals surface area contributed by atoms with Gasteiger partial charge < -0.3 is 0 Å². The van der Waals surface area contributed by atoms with Crippen molar-refractivity contribution >= 4 is 22.6 Å². The number of benzene rings is 1. The second kappa shape index (κ2) is 4.06. The van der Waals surface area contributed by atoms with Crippen LogP contribution >= 0.6 is 11.6 Å². The van der Waals surface area contributed by atoms with Crippen LogP contribution in [0.5, 0.6) is 0 Å². The molecule has 84 valence electrons. The predicted molar refractivity (Wildman–Crippen MR) is 64.5 cm³/mol. The molecule has 16 heavy (non-hydrogen) atoms. The van der Waals surface area contributed by atoms with Gasteiger partial charge in [-0.2, -0.15) is 0 Å². The predicted octanol–water partition coefficient (Wildman–Crippen LogP) is 3.27. The molecule has 0 N–H and O–H groups in total. The molecule has 1 aliphatic carbocycles. The molecule has 1 aliphatic rings. The van der Waals surface area contributed by atoms with Crippen LogP contribution in [0, 0.1) is 5.92 Å². The van der Waals surface area contributed by atoms with Crippen molar-refractivity contribution in [3.8, 4) is 0 Å². The van der Waals surface area contributed by atoms with Gasteiger partial charge in [0.25, 0.3) is 0 Å². The Bertz CT molecular complexity index is 500. The zero-order valence-corrected chi connectivity index (χ0v) is 9.82. The fourth-order valence-electron chi connectivity index (χ4n) is 2.51. The van der Waals surface area contributed by atoms with Gasteiger partial charge in [-0.3, -0.25) is 0 Å². The summed E-state index contributed by atoms with van der Waals surface area (Å²) in [4.78, 5) is 0. The maximum Gasteiger partial charge on any atom is 0.113 e. The van der Waals surface area contributed by atoms with E-state index in [-0.39, 0.29) is 0 Å². The van der Waals surface area contributed by atoms with Gasteiger partial charge in [-0.15, -0.1) is 5.10 Å². The lowest BCUT2D eigenvalue weighted by molar-refractivity contribution is 0.430. The number of fused-ring (bicyclic) bond motifs is 1. The highest BCUT2D eigenvalue weighted by Crippen LogP contribution is 2.27. The molecule has 0 radical (unpaired) electrons. The second-order valence-electron chi connectivity index (χ2n) is 4.56. The van der Waals surface area contributed by atoms with E-state index < -0.39 is 0 Å². The second-order valence-corrected chi connectivity index (χ2v) is 4.99. The Hall–Kier alpha value is -1.09. The van der Waals surface area contributed by atoms with Gasteiger partial charge in [0.2, 0.25) is 0 Å². The highest BCUT2D eigenvalue weighted by atomic mass is 35.5. The zero-order valence-electron chi connectivity index (χ0n) is 9.06. The van der Waals surface area contributed by atoms with E-state index in [2.05, 4.69) is 10.3 Å². The summed E-state index contributed by atoms with van der Waals surface area (Å²) in [5, 5.41) is 9.12. The first-order valence-electron chi connectivity index (χ1n) is 5.82. The Labute approximate surface area is 99.4 Å². The van der Waals surface area contributed by atoms with Crippen molar-refractivity contribution < 1.29 is 0 Å². The van der Waals surface area contributed by atoms with E-state index in [1.807, 2.05) is 22.9 Å². The van der Waals surface area contributed by atoms with E-state index in [1.165, 1.54) is 25.7 Å². The number of hydrogen-bond acceptors (Lipinski definition) is 2. The Morgan fingerprint density at radius 2 is 2.12 bits per heavy atom. The summed E-state index contributed by atoms with van der Waals surface area (Å²) < 4.78 is 2.00. The maximum atomic E-state index is 6.00.